The smallest absolute Gasteiger partial charge is 0.311 e. The van der Waals surface area contributed by atoms with Crippen molar-refractivity contribution >= 4 is 23.3 Å². The second-order valence-corrected chi connectivity index (χ2v) is 7.16. The van der Waals surface area contributed by atoms with Crippen molar-refractivity contribution in [2.24, 2.45) is 5.92 Å². The fourth-order valence-electron chi connectivity index (χ4n) is 3.26. The van der Waals surface area contributed by atoms with Gasteiger partial charge in [-0.25, -0.2) is 0 Å². The second kappa shape index (κ2) is 8.90. The first kappa shape index (κ1) is 20.6. The summed E-state index contributed by atoms with van der Waals surface area (Å²) in [4.78, 5) is 38.6. The number of esters is 1. The van der Waals surface area contributed by atoms with Crippen molar-refractivity contribution in [3.8, 4) is 5.75 Å². The molecule has 0 saturated carbocycles. The van der Waals surface area contributed by atoms with Crippen LogP contribution in [0.2, 0.25) is 0 Å². The van der Waals surface area contributed by atoms with Crippen LogP contribution in [-0.2, 0) is 14.3 Å². The van der Waals surface area contributed by atoms with Crippen LogP contribution in [0.15, 0.2) is 42.5 Å². The number of nitrogens with zero attached hydrogens (tertiary/aromatic N) is 1. The Morgan fingerprint density at radius 1 is 1.07 bits per heavy atom. The molecule has 0 N–H and O–H groups in total. The van der Waals surface area contributed by atoms with E-state index < -0.39 is 11.9 Å². The molecule has 1 saturated heterocycles. The van der Waals surface area contributed by atoms with Crippen molar-refractivity contribution in [3.63, 3.8) is 0 Å². The number of rotatable bonds is 7. The molecule has 2 aromatic rings. The Hall–Kier alpha value is -3.15. The summed E-state index contributed by atoms with van der Waals surface area (Å²) in [5.74, 6) is -0.778. The number of ether oxygens (including phenoxy) is 2. The zero-order valence-electron chi connectivity index (χ0n) is 16.9. The van der Waals surface area contributed by atoms with Crippen molar-refractivity contribution in [3.05, 3.63) is 59.2 Å². The molecule has 0 bridgehead atoms. The number of ketones is 1. The van der Waals surface area contributed by atoms with E-state index in [-0.39, 0.29) is 31.3 Å². The molecule has 0 aromatic heterocycles. The molecule has 0 radical (unpaired) electrons. The average Bonchev–Trinajstić information content (AvgIpc) is 3.10. The molecule has 6 heteroatoms. The van der Waals surface area contributed by atoms with Crippen LogP contribution in [0.4, 0.5) is 5.69 Å². The lowest BCUT2D eigenvalue weighted by Gasteiger charge is -2.17. The first-order valence-electron chi connectivity index (χ1n) is 9.69. The van der Waals surface area contributed by atoms with E-state index in [1.54, 1.807) is 41.3 Å². The van der Waals surface area contributed by atoms with Crippen molar-refractivity contribution in [2.75, 3.05) is 24.7 Å². The number of anilines is 1. The van der Waals surface area contributed by atoms with Crippen LogP contribution in [0.1, 0.15) is 34.8 Å². The number of carbonyl (C=O) groups is 3. The summed E-state index contributed by atoms with van der Waals surface area (Å²) in [6.07, 6.45) is 0.0733. The summed E-state index contributed by atoms with van der Waals surface area (Å²) in [6.45, 7) is 6.28. The van der Waals surface area contributed by atoms with E-state index in [1.165, 1.54) is 0 Å². The number of amides is 1. The standard InChI is InChI=1S/C23H25NO5/c1-4-28-20-9-7-19(8-10-20)24-13-18(12-22(24)26)23(27)29-14-21(25)17-6-5-15(2)16(3)11-17/h5-11,18H,4,12-14H2,1-3H3/t18-/m0/s1. The lowest BCUT2D eigenvalue weighted by Crippen LogP contribution is -2.27. The molecule has 6 nitrogen and oxygen atoms in total. The van der Waals surface area contributed by atoms with Gasteiger partial charge in [-0.1, -0.05) is 12.1 Å². The highest BCUT2D eigenvalue weighted by Gasteiger charge is 2.36. The lowest BCUT2D eigenvalue weighted by atomic mass is 10.0. The van der Waals surface area contributed by atoms with E-state index in [4.69, 9.17) is 9.47 Å². The monoisotopic (exact) mass is 395 g/mol. The Kier molecular flexibility index (Phi) is 6.32. The maximum absolute atomic E-state index is 12.4. The number of carbonyl (C=O) groups excluding carboxylic acids is 3. The largest absolute Gasteiger partial charge is 0.494 e. The van der Waals surface area contributed by atoms with Crippen molar-refractivity contribution in [1.29, 1.82) is 0 Å². The molecule has 2 aromatic carbocycles. The number of aryl methyl sites for hydroxylation is 2. The molecule has 0 spiro atoms. The number of benzene rings is 2. The molecular formula is C23H25NO5. The third-order valence-corrected chi connectivity index (χ3v) is 5.09. The van der Waals surface area contributed by atoms with Gasteiger partial charge < -0.3 is 14.4 Å². The first-order valence-corrected chi connectivity index (χ1v) is 9.69. The van der Waals surface area contributed by atoms with Crippen molar-refractivity contribution in [1.82, 2.24) is 0 Å². The van der Waals surface area contributed by atoms with Crippen LogP contribution in [0.25, 0.3) is 0 Å². The van der Waals surface area contributed by atoms with Crippen LogP contribution >= 0.6 is 0 Å². The molecule has 1 aliphatic rings. The zero-order chi connectivity index (χ0) is 21.0. The number of hydrogen-bond donors (Lipinski definition) is 0. The lowest BCUT2D eigenvalue weighted by molar-refractivity contribution is -0.147. The second-order valence-electron chi connectivity index (χ2n) is 7.16. The van der Waals surface area contributed by atoms with Crippen LogP contribution in [0.3, 0.4) is 0 Å². The van der Waals surface area contributed by atoms with Crippen LogP contribution in [0, 0.1) is 19.8 Å². The molecule has 1 atom stereocenters. The molecule has 0 unspecified atom stereocenters. The SMILES string of the molecule is CCOc1ccc(N2C[C@@H](C(=O)OCC(=O)c3ccc(C)c(C)c3)CC2=O)cc1. The normalized spacial score (nSPS) is 16.0. The highest BCUT2D eigenvalue weighted by Crippen LogP contribution is 2.27. The molecule has 0 aliphatic carbocycles. The summed E-state index contributed by atoms with van der Waals surface area (Å²) >= 11 is 0. The Morgan fingerprint density at radius 3 is 2.45 bits per heavy atom. The van der Waals surface area contributed by atoms with Gasteiger partial charge in [0.1, 0.15) is 5.75 Å². The minimum Gasteiger partial charge on any atom is -0.494 e. The van der Waals surface area contributed by atoms with Gasteiger partial charge >= 0.3 is 5.97 Å². The van der Waals surface area contributed by atoms with Gasteiger partial charge in [0.05, 0.1) is 12.5 Å². The van der Waals surface area contributed by atoms with Gasteiger partial charge in [0.25, 0.3) is 0 Å². The van der Waals surface area contributed by atoms with E-state index in [2.05, 4.69) is 0 Å². The molecule has 3 rings (SSSR count). The van der Waals surface area contributed by atoms with E-state index in [0.717, 1.165) is 16.9 Å². The van der Waals surface area contributed by atoms with E-state index in [0.29, 0.717) is 17.9 Å². The molecular weight excluding hydrogens is 370 g/mol. The topological polar surface area (TPSA) is 72.9 Å². The number of hydrogen-bond acceptors (Lipinski definition) is 5. The van der Waals surface area contributed by atoms with E-state index >= 15 is 0 Å². The molecule has 1 fully saturated rings. The predicted molar refractivity (Wildman–Crippen MR) is 109 cm³/mol. The Morgan fingerprint density at radius 2 is 1.79 bits per heavy atom. The fraction of sp³-hybridized carbons (Fsp3) is 0.348. The highest BCUT2D eigenvalue weighted by molar-refractivity contribution is 6.01. The summed E-state index contributed by atoms with van der Waals surface area (Å²) in [5.41, 5.74) is 3.33. The van der Waals surface area contributed by atoms with Gasteiger partial charge in [-0.3, -0.25) is 14.4 Å². The first-order chi connectivity index (χ1) is 13.9. The van der Waals surface area contributed by atoms with E-state index in [9.17, 15) is 14.4 Å². The van der Waals surface area contributed by atoms with Gasteiger partial charge in [0.2, 0.25) is 5.91 Å². The van der Waals surface area contributed by atoms with Crippen LogP contribution < -0.4 is 9.64 Å². The van der Waals surface area contributed by atoms with Crippen molar-refractivity contribution in [2.45, 2.75) is 27.2 Å². The van der Waals surface area contributed by atoms with Gasteiger partial charge in [0.15, 0.2) is 12.4 Å². The molecule has 1 amide bonds. The molecule has 1 aliphatic heterocycles. The maximum atomic E-state index is 12.4. The minimum absolute atomic E-state index is 0.0733. The van der Waals surface area contributed by atoms with E-state index in [1.807, 2.05) is 26.8 Å². The Balaban J connectivity index is 1.57. The minimum atomic E-state index is -0.582. The summed E-state index contributed by atoms with van der Waals surface area (Å²) < 4.78 is 10.6. The van der Waals surface area contributed by atoms with Gasteiger partial charge in [-0.05, 0) is 62.2 Å². The third kappa shape index (κ3) is 4.83. The summed E-state index contributed by atoms with van der Waals surface area (Å²) in [7, 11) is 0. The number of Topliss-reactive ketones (excluding diaryl/α,β-unsaturated/α-hetero) is 1. The summed E-state index contributed by atoms with van der Waals surface area (Å²) in [5, 5.41) is 0. The Bertz CT molecular complexity index is 919. The fourth-order valence-corrected chi connectivity index (χ4v) is 3.26. The average molecular weight is 395 g/mol. The Labute approximate surface area is 170 Å². The predicted octanol–water partition coefficient (Wildman–Crippen LogP) is 3.48. The maximum Gasteiger partial charge on any atom is 0.311 e. The van der Waals surface area contributed by atoms with Gasteiger partial charge in [-0.2, -0.15) is 0 Å². The van der Waals surface area contributed by atoms with Crippen LogP contribution in [0.5, 0.6) is 5.75 Å². The molecule has 1 heterocycles. The molecule has 29 heavy (non-hydrogen) atoms. The van der Waals surface area contributed by atoms with Crippen molar-refractivity contribution < 1.29 is 23.9 Å². The highest BCUT2D eigenvalue weighted by atomic mass is 16.5. The zero-order valence-corrected chi connectivity index (χ0v) is 16.9. The van der Waals surface area contributed by atoms with Gasteiger partial charge in [-0.15, -0.1) is 0 Å². The summed E-state index contributed by atoms with van der Waals surface area (Å²) in [6, 6.07) is 12.6. The van der Waals surface area contributed by atoms with Gasteiger partial charge in [0, 0.05) is 24.2 Å². The van der Waals surface area contributed by atoms with Crippen LogP contribution in [-0.4, -0.2) is 37.4 Å². The quantitative estimate of drug-likeness (QED) is 0.530. The third-order valence-electron chi connectivity index (χ3n) is 5.09. The molecule has 152 valence electrons.